The van der Waals surface area contributed by atoms with Crippen molar-refractivity contribution in [1.29, 1.82) is 0 Å². The molecule has 5 heteroatoms. The molecule has 0 aliphatic carbocycles. The number of hydrogen-bond donors (Lipinski definition) is 2. The van der Waals surface area contributed by atoms with Gasteiger partial charge in [0.2, 0.25) is 0 Å². The van der Waals surface area contributed by atoms with Crippen LogP contribution in [0.4, 0.5) is 4.79 Å². The van der Waals surface area contributed by atoms with Gasteiger partial charge in [0.05, 0.1) is 7.11 Å². The van der Waals surface area contributed by atoms with Crippen LogP contribution in [-0.2, 0) is 0 Å². The molecule has 0 aliphatic rings. The minimum absolute atomic E-state index is 0.347. The maximum Gasteiger partial charge on any atom is 0.405 e. The number of carbonyl (C=O) groups is 1. The Morgan fingerprint density at radius 1 is 1.26 bits per heavy atom. The normalized spacial score (nSPS) is 11.9. The summed E-state index contributed by atoms with van der Waals surface area (Å²) in [5, 5.41) is 11.4. The zero-order chi connectivity index (χ0) is 13.8. The van der Waals surface area contributed by atoms with Gasteiger partial charge in [0.25, 0.3) is 5.95 Å². The molecule has 1 atom stereocenters. The van der Waals surface area contributed by atoms with Crippen LogP contribution >= 0.6 is 0 Å². The molecule has 1 aromatic heterocycles. The number of furan rings is 1. The topological polar surface area (TPSA) is 71.7 Å². The fourth-order valence-electron chi connectivity index (χ4n) is 1.80. The first-order chi connectivity index (χ1) is 9.10. The van der Waals surface area contributed by atoms with E-state index in [1.54, 1.807) is 12.1 Å². The van der Waals surface area contributed by atoms with Crippen molar-refractivity contribution in [2.24, 2.45) is 0 Å². The van der Waals surface area contributed by atoms with Gasteiger partial charge in [0, 0.05) is 6.07 Å². The molecule has 2 N–H and O–H groups in total. The fourth-order valence-corrected chi connectivity index (χ4v) is 1.80. The van der Waals surface area contributed by atoms with Crippen LogP contribution in [-0.4, -0.2) is 18.3 Å². The second-order valence-corrected chi connectivity index (χ2v) is 4.15. The zero-order valence-corrected chi connectivity index (χ0v) is 10.7. The molecule has 2 rings (SSSR count). The molecule has 1 unspecified atom stereocenters. The molecular weight excluding hydrogens is 246 g/mol. The number of ether oxygens (including phenoxy) is 1. The molecule has 5 nitrogen and oxygen atoms in total. The Balaban J connectivity index is 2.34. The third-order valence-electron chi connectivity index (χ3n) is 2.77. The van der Waals surface area contributed by atoms with E-state index < -0.39 is 12.1 Å². The predicted molar refractivity (Wildman–Crippen MR) is 69.4 cm³/mol. The van der Waals surface area contributed by atoms with E-state index in [-0.39, 0.29) is 0 Å². The van der Waals surface area contributed by atoms with Crippen LogP contribution in [0, 0.1) is 6.92 Å². The van der Waals surface area contributed by atoms with Crippen LogP contribution in [0.5, 0.6) is 5.95 Å². The Bertz CT molecular complexity index is 559. The molecule has 1 amide bonds. The molecule has 1 heterocycles. The van der Waals surface area contributed by atoms with E-state index >= 15 is 0 Å². The van der Waals surface area contributed by atoms with Crippen molar-refractivity contribution in [1.82, 2.24) is 5.32 Å². The van der Waals surface area contributed by atoms with Gasteiger partial charge in [0.15, 0.2) is 0 Å². The minimum atomic E-state index is -1.11. The van der Waals surface area contributed by atoms with Gasteiger partial charge in [-0.1, -0.05) is 29.8 Å². The molecule has 19 heavy (non-hydrogen) atoms. The number of nitrogens with one attached hydrogen (secondary N) is 1. The van der Waals surface area contributed by atoms with E-state index in [1.165, 1.54) is 7.11 Å². The van der Waals surface area contributed by atoms with Gasteiger partial charge in [0.1, 0.15) is 11.8 Å². The second kappa shape index (κ2) is 5.48. The van der Waals surface area contributed by atoms with Gasteiger partial charge in [-0.2, -0.15) is 0 Å². The summed E-state index contributed by atoms with van der Waals surface area (Å²) in [5.74, 6) is 0.836. The van der Waals surface area contributed by atoms with Gasteiger partial charge < -0.3 is 19.6 Å². The number of carboxylic acid groups (broad SMARTS) is 1. The lowest BCUT2D eigenvalue weighted by Crippen LogP contribution is -2.27. The Kier molecular flexibility index (Phi) is 3.75. The number of rotatable bonds is 4. The summed E-state index contributed by atoms with van der Waals surface area (Å²) in [6.45, 7) is 1.97. The molecule has 0 saturated carbocycles. The minimum Gasteiger partial charge on any atom is -0.468 e. The van der Waals surface area contributed by atoms with E-state index in [4.69, 9.17) is 14.3 Å². The maximum atomic E-state index is 10.9. The highest BCUT2D eigenvalue weighted by Crippen LogP contribution is 2.27. The first-order valence-electron chi connectivity index (χ1n) is 5.80. The van der Waals surface area contributed by atoms with E-state index in [0.717, 1.165) is 11.1 Å². The summed E-state index contributed by atoms with van der Waals surface area (Å²) in [6, 6.07) is 10.4. The second-order valence-electron chi connectivity index (χ2n) is 4.15. The Morgan fingerprint density at radius 2 is 1.95 bits per heavy atom. The third-order valence-corrected chi connectivity index (χ3v) is 2.77. The lowest BCUT2D eigenvalue weighted by atomic mass is 10.0. The van der Waals surface area contributed by atoms with Crippen molar-refractivity contribution in [2.75, 3.05) is 7.11 Å². The number of amides is 1. The van der Waals surface area contributed by atoms with Crippen molar-refractivity contribution in [2.45, 2.75) is 13.0 Å². The average Bonchev–Trinajstić information content (AvgIpc) is 2.85. The molecule has 100 valence electrons. The number of aryl methyl sites for hydroxylation is 1. The van der Waals surface area contributed by atoms with Gasteiger partial charge in [-0.25, -0.2) is 4.79 Å². The molecule has 0 aliphatic heterocycles. The van der Waals surface area contributed by atoms with Crippen molar-refractivity contribution in [3.8, 4) is 5.95 Å². The number of hydrogen-bond acceptors (Lipinski definition) is 3. The molecule has 0 saturated heterocycles. The third kappa shape index (κ3) is 3.07. The molecule has 0 fully saturated rings. The van der Waals surface area contributed by atoms with E-state index in [9.17, 15) is 4.79 Å². The molecule has 2 aromatic rings. The molecule has 0 bridgehead atoms. The molecule has 0 radical (unpaired) electrons. The SMILES string of the molecule is COc1ccc(C(NC(=O)O)c2ccc(C)cc2)o1. The maximum absolute atomic E-state index is 10.9. The van der Waals surface area contributed by atoms with Crippen LogP contribution in [0.25, 0.3) is 0 Å². The average molecular weight is 261 g/mol. The van der Waals surface area contributed by atoms with Gasteiger partial charge in [-0.15, -0.1) is 0 Å². The summed E-state index contributed by atoms with van der Waals surface area (Å²) in [6.07, 6.45) is -1.11. The van der Waals surface area contributed by atoms with Crippen molar-refractivity contribution >= 4 is 6.09 Å². The lowest BCUT2D eigenvalue weighted by Gasteiger charge is -2.15. The van der Waals surface area contributed by atoms with Crippen molar-refractivity contribution < 1.29 is 19.1 Å². The Morgan fingerprint density at radius 3 is 2.47 bits per heavy atom. The van der Waals surface area contributed by atoms with Crippen LogP contribution in [0.2, 0.25) is 0 Å². The monoisotopic (exact) mass is 261 g/mol. The van der Waals surface area contributed by atoms with Crippen molar-refractivity contribution in [3.63, 3.8) is 0 Å². The summed E-state index contributed by atoms with van der Waals surface area (Å²) in [7, 11) is 1.49. The van der Waals surface area contributed by atoms with E-state index in [1.807, 2.05) is 31.2 Å². The first-order valence-corrected chi connectivity index (χ1v) is 5.80. The number of methoxy groups -OCH3 is 1. The fraction of sp³-hybridized carbons (Fsp3) is 0.214. The highest BCUT2D eigenvalue weighted by molar-refractivity contribution is 5.66. The van der Waals surface area contributed by atoms with Crippen LogP contribution in [0.3, 0.4) is 0 Å². The zero-order valence-electron chi connectivity index (χ0n) is 10.7. The first kappa shape index (κ1) is 13.0. The molecule has 0 spiro atoms. The predicted octanol–water partition coefficient (Wildman–Crippen LogP) is 2.95. The van der Waals surface area contributed by atoms with E-state index in [2.05, 4.69) is 5.32 Å². The smallest absolute Gasteiger partial charge is 0.405 e. The highest BCUT2D eigenvalue weighted by atomic mass is 16.6. The summed E-state index contributed by atoms with van der Waals surface area (Å²) >= 11 is 0. The summed E-state index contributed by atoms with van der Waals surface area (Å²) in [4.78, 5) is 10.9. The van der Waals surface area contributed by atoms with Crippen LogP contribution in [0.15, 0.2) is 40.8 Å². The summed E-state index contributed by atoms with van der Waals surface area (Å²) < 4.78 is 10.4. The molecule has 1 aromatic carbocycles. The van der Waals surface area contributed by atoms with Crippen molar-refractivity contribution in [3.05, 3.63) is 53.3 Å². The highest BCUT2D eigenvalue weighted by Gasteiger charge is 2.20. The van der Waals surface area contributed by atoms with Gasteiger partial charge in [-0.3, -0.25) is 0 Å². The Hall–Kier alpha value is -2.43. The van der Waals surface area contributed by atoms with Gasteiger partial charge >= 0.3 is 6.09 Å². The number of benzene rings is 1. The van der Waals surface area contributed by atoms with E-state index in [0.29, 0.717) is 11.7 Å². The quantitative estimate of drug-likeness (QED) is 0.887. The lowest BCUT2D eigenvalue weighted by molar-refractivity contribution is 0.189. The Labute approximate surface area is 110 Å². The summed E-state index contributed by atoms with van der Waals surface area (Å²) in [5.41, 5.74) is 1.92. The van der Waals surface area contributed by atoms with Crippen LogP contribution in [0.1, 0.15) is 22.9 Å². The largest absolute Gasteiger partial charge is 0.468 e. The molecular formula is C14H15NO4. The standard InChI is InChI=1S/C14H15NO4/c1-9-3-5-10(6-4-9)13(15-14(16)17)11-7-8-12(18-2)19-11/h3-8,13,15H,1-2H3,(H,16,17). The van der Waals surface area contributed by atoms with Crippen LogP contribution < -0.4 is 10.1 Å². The van der Waals surface area contributed by atoms with Gasteiger partial charge in [-0.05, 0) is 18.6 Å².